The van der Waals surface area contributed by atoms with E-state index in [9.17, 15) is 5.26 Å². The predicted octanol–water partition coefficient (Wildman–Crippen LogP) is 3.00. The molecule has 1 aromatic carbocycles. The minimum absolute atomic E-state index is 0.401. The van der Waals surface area contributed by atoms with Crippen LogP contribution in [0.15, 0.2) is 18.3 Å². The molecule has 0 bridgehead atoms. The lowest BCUT2D eigenvalue weighted by Gasteiger charge is -2.60. The van der Waals surface area contributed by atoms with Crippen molar-refractivity contribution in [1.82, 2.24) is 14.9 Å². The normalized spacial score (nSPS) is 20.7. The Morgan fingerprint density at radius 1 is 1.30 bits per heavy atom. The number of nitrogens with one attached hydrogen (secondary N) is 3. The molecule has 8 heteroatoms. The summed E-state index contributed by atoms with van der Waals surface area (Å²) < 4.78 is 0. The number of imidazole rings is 1. The molecule has 2 saturated heterocycles. The van der Waals surface area contributed by atoms with E-state index in [1.54, 1.807) is 12.3 Å². The topological polar surface area (TPSA) is 83.0 Å². The average Bonchev–Trinajstić information content (AvgIpc) is 3.29. The minimum atomic E-state index is 0.401. The summed E-state index contributed by atoms with van der Waals surface area (Å²) in [6, 6.07) is 6.45. The Hall–Kier alpha value is -2.43. The van der Waals surface area contributed by atoms with Gasteiger partial charge in [0.25, 0.3) is 0 Å². The molecule has 5 rings (SSSR count). The van der Waals surface area contributed by atoms with Crippen molar-refractivity contribution in [2.45, 2.75) is 18.9 Å². The molecule has 3 N–H and O–H groups in total. The van der Waals surface area contributed by atoms with E-state index in [0.29, 0.717) is 33.7 Å². The number of rotatable bonds is 5. The smallest absolute Gasteiger partial charge is 0.206 e. The molecule has 1 saturated carbocycles. The Balaban J connectivity index is 1.36. The highest BCUT2D eigenvalue weighted by atomic mass is 35.5. The molecular formula is C19H22ClN7. The Morgan fingerprint density at radius 3 is 2.74 bits per heavy atom. The number of hydrogen-bond donors (Lipinski definition) is 3. The van der Waals surface area contributed by atoms with E-state index in [-0.39, 0.29) is 0 Å². The quantitative estimate of drug-likeness (QED) is 0.736. The van der Waals surface area contributed by atoms with E-state index in [0.717, 1.165) is 37.7 Å². The fourth-order valence-corrected chi connectivity index (χ4v) is 4.54. The number of halogens is 1. The van der Waals surface area contributed by atoms with Crippen molar-refractivity contribution >= 4 is 34.7 Å². The van der Waals surface area contributed by atoms with Crippen LogP contribution in [0.2, 0.25) is 5.02 Å². The van der Waals surface area contributed by atoms with Crippen molar-refractivity contribution in [1.29, 1.82) is 5.26 Å². The van der Waals surface area contributed by atoms with Crippen LogP contribution in [0.1, 0.15) is 18.4 Å². The van der Waals surface area contributed by atoms with E-state index in [1.165, 1.54) is 12.8 Å². The number of benzene rings is 1. The Labute approximate surface area is 163 Å². The zero-order valence-corrected chi connectivity index (χ0v) is 16.0. The monoisotopic (exact) mass is 383 g/mol. The summed E-state index contributed by atoms with van der Waals surface area (Å²) in [6.45, 7) is 4.24. The van der Waals surface area contributed by atoms with Gasteiger partial charge in [0.1, 0.15) is 5.82 Å². The highest BCUT2D eigenvalue weighted by Crippen LogP contribution is 2.45. The predicted molar refractivity (Wildman–Crippen MR) is 107 cm³/mol. The average molecular weight is 384 g/mol. The molecule has 1 spiro atoms. The molecule has 3 heterocycles. The molecule has 2 aliphatic heterocycles. The summed E-state index contributed by atoms with van der Waals surface area (Å²) in [5, 5.41) is 16.7. The van der Waals surface area contributed by atoms with Crippen molar-refractivity contribution in [3.63, 3.8) is 0 Å². The Kier molecular flexibility index (Phi) is 3.74. The van der Waals surface area contributed by atoms with Gasteiger partial charge < -0.3 is 25.4 Å². The standard InChI is InChI=1S/C19H22ClN7/c1-26-8-19(9-26)10-27(11-19)15-5-12(6-21)4-14(17(15)20)24-18-22-7-16(25-18)23-13-2-3-13/h4-5,7,13,23H,2-3,8-11H2,1H3,(H2,22,24,25). The van der Waals surface area contributed by atoms with Crippen LogP contribution in [0.3, 0.4) is 0 Å². The molecule has 27 heavy (non-hydrogen) atoms. The molecule has 2 aromatic rings. The third-order valence-electron chi connectivity index (χ3n) is 5.55. The number of H-pyrrole nitrogens is 1. The van der Waals surface area contributed by atoms with E-state index in [1.807, 2.05) is 6.07 Å². The van der Waals surface area contributed by atoms with Gasteiger partial charge in [-0.05, 0) is 32.0 Å². The first kappa shape index (κ1) is 16.7. The molecule has 0 atom stereocenters. The van der Waals surface area contributed by atoms with Crippen LogP contribution in [0.4, 0.5) is 23.1 Å². The highest BCUT2D eigenvalue weighted by molar-refractivity contribution is 6.36. The van der Waals surface area contributed by atoms with Gasteiger partial charge >= 0.3 is 0 Å². The molecule has 0 unspecified atom stereocenters. The number of hydrogen-bond acceptors (Lipinski definition) is 6. The van der Waals surface area contributed by atoms with Gasteiger partial charge in [0, 0.05) is 37.6 Å². The van der Waals surface area contributed by atoms with Gasteiger partial charge in [-0.15, -0.1) is 0 Å². The molecule has 0 amide bonds. The molecule has 3 aliphatic rings. The summed E-state index contributed by atoms with van der Waals surface area (Å²) >= 11 is 6.70. The van der Waals surface area contributed by atoms with Gasteiger partial charge in [-0.2, -0.15) is 5.26 Å². The first-order chi connectivity index (χ1) is 13.0. The van der Waals surface area contributed by atoms with Crippen molar-refractivity contribution in [2.24, 2.45) is 5.41 Å². The van der Waals surface area contributed by atoms with Crippen LogP contribution >= 0.6 is 11.6 Å². The molecular weight excluding hydrogens is 362 g/mol. The molecule has 3 fully saturated rings. The van der Waals surface area contributed by atoms with Crippen molar-refractivity contribution in [3.8, 4) is 6.07 Å². The second-order valence-electron chi connectivity index (χ2n) is 8.19. The molecule has 7 nitrogen and oxygen atoms in total. The van der Waals surface area contributed by atoms with Crippen molar-refractivity contribution < 1.29 is 0 Å². The zero-order chi connectivity index (χ0) is 18.6. The van der Waals surface area contributed by atoms with E-state index < -0.39 is 0 Å². The van der Waals surface area contributed by atoms with Crippen molar-refractivity contribution in [3.05, 3.63) is 28.9 Å². The third-order valence-corrected chi connectivity index (χ3v) is 5.95. The lowest BCUT2D eigenvalue weighted by molar-refractivity contribution is -0.00237. The second-order valence-corrected chi connectivity index (χ2v) is 8.56. The van der Waals surface area contributed by atoms with Gasteiger partial charge in [0.2, 0.25) is 5.95 Å². The second kappa shape index (κ2) is 6.04. The minimum Gasteiger partial charge on any atom is -0.369 e. The van der Waals surface area contributed by atoms with E-state index >= 15 is 0 Å². The number of likely N-dealkylation sites (tertiary alicyclic amines) is 1. The highest BCUT2D eigenvalue weighted by Gasteiger charge is 2.50. The number of anilines is 4. The van der Waals surface area contributed by atoms with Crippen LogP contribution in [0, 0.1) is 16.7 Å². The van der Waals surface area contributed by atoms with Crippen LogP contribution in [0.25, 0.3) is 0 Å². The summed E-state index contributed by atoms with van der Waals surface area (Å²) in [5.41, 5.74) is 2.61. The third kappa shape index (κ3) is 3.09. The first-order valence-corrected chi connectivity index (χ1v) is 9.67. The summed E-state index contributed by atoms with van der Waals surface area (Å²) in [7, 11) is 2.15. The molecule has 0 radical (unpaired) electrons. The summed E-state index contributed by atoms with van der Waals surface area (Å²) in [4.78, 5) is 12.2. The molecule has 1 aliphatic carbocycles. The fourth-order valence-electron chi connectivity index (χ4n) is 4.26. The van der Waals surface area contributed by atoms with Gasteiger partial charge in [-0.3, -0.25) is 0 Å². The van der Waals surface area contributed by atoms with Gasteiger partial charge in [-0.25, -0.2) is 4.98 Å². The SMILES string of the molecule is CN1CC2(C1)CN(c1cc(C#N)cc(Nc3ncc(NC4CC4)[nH]3)c1Cl)C2. The van der Waals surface area contributed by atoms with Crippen LogP contribution in [-0.2, 0) is 0 Å². The lowest BCUT2D eigenvalue weighted by Crippen LogP contribution is -2.71. The maximum atomic E-state index is 9.44. The number of aromatic nitrogens is 2. The fraction of sp³-hybridized carbons (Fsp3) is 0.474. The van der Waals surface area contributed by atoms with E-state index in [4.69, 9.17) is 11.6 Å². The van der Waals surface area contributed by atoms with Gasteiger partial charge in [0.15, 0.2) is 0 Å². The Bertz CT molecular complexity index is 913. The van der Waals surface area contributed by atoms with Gasteiger partial charge in [-0.1, -0.05) is 11.6 Å². The summed E-state index contributed by atoms with van der Waals surface area (Å²) in [6.07, 6.45) is 4.18. The Morgan fingerprint density at radius 2 is 2.07 bits per heavy atom. The van der Waals surface area contributed by atoms with Crippen LogP contribution < -0.4 is 15.5 Å². The van der Waals surface area contributed by atoms with Crippen molar-refractivity contribution in [2.75, 3.05) is 48.8 Å². The van der Waals surface area contributed by atoms with Crippen LogP contribution in [-0.4, -0.2) is 54.1 Å². The zero-order valence-electron chi connectivity index (χ0n) is 15.2. The molecule has 140 valence electrons. The summed E-state index contributed by atoms with van der Waals surface area (Å²) in [5.74, 6) is 1.51. The first-order valence-electron chi connectivity index (χ1n) is 9.29. The lowest BCUT2D eigenvalue weighted by atomic mass is 9.73. The van der Waals surface area contributed by atoms with Crippen LogP contribution in [0.5, 0.6) is 0 Å². The molecule has 1 aromatic heterocycles. The van der Waals surface area contributed by atoms with E-state index in [2.05, 4.69) is 43.5 Å². The number of aromatic amines is 1. The number of nitriles is 1. The largest absolute Gasteiger partial charge is 0.369 e. The number of nitrogens with zero attached hydrogens (tertiary/aromatic N) is 4. The maximum Gasteiger partial charge on any atom is 0.206 e. The maximum absolute atomic E-state index is 9.44. The van der Waals surface area contributed by atoms with Gasteiger partial charge in [0.05, 0.1) is 34.2 Å².